The van der Waals surface area contributed by atoms with Crippen LogP contribution >= 0.6 is 0 Å². The number of methoxy groups -OCH3 is 2. The van der Waals surface area contributed by atoms with Crippen molar-refractivity contribution in [3.05, 3.63) is 59.2 Å². The molecule has 0 saturated carbocycles. The van der Waals surface area contributed by atoms with Gasteiger partial charge >= 0.3 is 0 Å². The first kappa shape index (κ1) is 20.3. The topological polar surface area (TPSA) is 69.2 Å². The fourth-order valence-corrected chi connectivity index (χ4v) is 2.45. The maximum atomic E-state index is 12.3. The lowest BCUT2D eigenvalue weighted by molar-refractivity contribution is 0.0966. The van der Waals surface area contributed by atoms with Crippen LogP contribution in [-0.4, -0.2) is 39.3 Å². The third-order valence-electron chi connectivity index (χ3n) is 3.92. The van der Waals surface area contributed by atoms with E-state index in [9.17, 15) is 4.79 Å². The van der Waals surface area contributed by atoms with Gasteiger partial charge in [-0.1, -0.05) is 23.8 Å². The second-order valence-corrected chi connectivity index (χ2v) is 5.88. The Bertz CT molecular complexity index is 785. The number of nitrogens with one attached hydrogen (secondary N) is 1. The normalized spacial score (nSPS) is 11.0. The average molecular weight is 370 g/mol. The molecule has 0 aliphatic rings. The lowest BCUT2D eigenvalue weighted by Crippen LogP contribution is -2.32. The van der Waals surface area contributed by atoms with Crippen LogP contribution in [0.15, 0.2) is 47.5 Å². The van der Waals surface area contributed by atoms with Gasteiger partial charge in [-0.3, -0.25) is 10.1 Å². The van der Waals surface area contributed by atoms with Crippen LogP contribution in [0.2, 0.25) is 0 Å². The van der Waals surface area contributed by atoms with Gasteiger partial charge in [0, 0.05) is 12.1 Å². The van der Waals surface area contributed by atoms with Crippen molar-refractivity contribution in [3.8, 4) is 11.5 Å². The van der Waals surface area contributed by atoms with Crippen LogP contribution in [0.1, 0.15) is 28.4 Å². The van der Waals surface area contributed by atoms with E-state index in [0.29, 0.717) is 36.6 Å². The summed E-state index contributed by atoms with van der Waals surface area (Å²) in [5.74, 6) is 1.12. The van der Waals surface area contributed by atoms with Crippen LogP contribution in [0.3, 0.4) is 0 Å². The summed E-state index contributed by atoms with van der Waals surface area (Å²) in [6.07, 6.45) is 0.678. The van der Waals surface area contributed by atoms with Crippen LogP contribution in [-0.2, 0) is 11.2 Å². The van der Waals surface area contributed by atoms with E-state index >= 15 is 0 Å². The van der Waals surface area contributed by atoms with Crippen LogP contribution in [0.25, 0.3) is 0 Å². The molecule has 0 bridgehead atoms. The Morgan fingerprint density at radius 2 is 1.74 bits per heavy atom. The van der Waals surface area contributed by atoms with E-state index in [2.05, 4.69) is 10.3 Å². The fourth-order valence-electron chi connectivity index (χ4n) is 2.45. The minimum Gasteiger partial charge on any atom is -0.493 e. The van der Waals surface area contributed by atoms with Crippen molar-refractivity contribution < 1.29 is 19.0 Å². The zero-order valence-corrected chi connectivity index (χ0v) is 16.2. The largest absolute Gasteiger partial charge is 0.493 e. The summed E-state index contributed by atoms with van der Waals surface area (Å²) < 4.78 is 16.0. The summed E-state index contributed by atoms with van der Waals surface area (Å²) in [4.78, 5) is 16.7. The van der Waals surface area contributed by atoms with Crippen molar-refractivity contribution in [1.82, 2.24) is 5.32 Å². The number of benzene rings is 2. The van der Waals surface area contributed by atoms with Crippen LogP contribution in [0.4, 0.5) is 0 Å². The minimum atomic E-state index is -0.242. The summed E-state index contributed by atoms with van der Waals surface area (Å²) in [6.45, 7) is 4.72. The molecule has 1 amide bonds. The van der Waals surface area contributed by atoms with Crippen LogP contribution in [0, 0.1) is 6.92 Å². The Kier molecular flexibility index (Phi) is 7.67. The zero-order chi connectivity index (χ0) is 19.6. The number of ether oxygens (including phenoxy) is 3. The second kappa shape index (κ2) is 10.2. The highest BCUT2D eigenvalue weighted by Crippen LogP contribution is 2.27. The first-order valence-corrected chi connectivity index (χ1v) is 8.83. The molecule has 0 heterocycles. The number of carbonyl (C=O) groups is 1. The van der Waals surface area contributed by atoms with Gasteiger partial charge in [-0.2, -0.15) is 0 Å². The van der Waals surface area contributed by atoms with E-state index < -0.39 is 0 Å². The van der Waals surface area contributed by atoms with Gasteiger partial charge in [-0.15, -0.1) is 0 Å². The molecule has 0 unspecified atom stereocenters. The molecule has 0 aromatic heterocycles. The second-order valence-electron chi connectivity index (χ2n) is 5.88. The van der Waals surface area contributed by atoms with Gasteiger partial charge in [0.25, 0.3) is 11.9 Å². The average Bonchev–Trinajstić information content (AvgIpc) is 2.68. The van der Waals surface area contributed by atoms with Gasteiger partial charge in [-0.05, 0) is 50.1 Å². The summed E-state index contributed by atoms with van der Waals surface area (Å²) in [7, 11) is 3.21. The Hall–Kier alpha value is -3.02. The van der Waals surface area contributed by atoms with Crippen molar-refractivity contribution in [2.24, 2.45) is 4.99 Å². The van der Waals surface area contributed by atoms with Crippen molar-refractivity contribution in [3.63, 3.8) is 0 Å². The Morgan fingerprint density at radius 3 is 2.37 bits per heavy atom. The number of amidine groups is 1. The third-order valence-corrected chi connectivity index (χ3v) is 3.92. The molecule has 0 radical (unpaired) electrons. The smallest absolute Gasteiger partial charge is 0.291 e. The lowest BCUT2D eigenvalue weighted by Gasteiger charge is -2.10. The van der Waals surface area contributed by atoms with Crippen molar-refractivity contribution in [2.45, 2.75) is 20.3 Å². The molecule has 6 heteroatoms. The molecule has 0 atom stereocenters. The third kappa shape index (κ3) is 6.02. The minimum absolute atomic E-state index is 0.226. The molecule has 1 N–H and O–H groups in total. The van der Waals surface area contributed by atoms with Crippen LogP contribution in [0.5, 0.6) is 11.5 Å². The van der Waals surface area contributed by atoms with Gasteiger partial charge < -0.3 is 14.2 Å². The summed E-state index contributed by atoms with van der Waals surface area (Å²) in [5, 5.41) is 2.72. The number of rotatable bonds is 7. The molecule has 0 saturated heterocycles. The summed E-state index contributed by atoms with van der Waals surface area (Å²) >= 11 is 0. The predicted octanol–water partition coefficient (Wildman–Crippen LogP) is 3.38. The van der Waals surface area contributed by atoms with E-state index in [-0.39, 0.29) is 11.9 Å². The highest BCUT2D eigenvalue weighted by molar-refractivity contribution is 6.04. The standard InChI is InChI=1S/C21H26N2O4/c1-5-27-21(23-20(24)17-9-6-15(2)7-10-17)22-13-12-16-8-11-18(25-3)19(14-16)26-4/h6-11,14H,5,12-13H2,1-4H3,(H,22,23,24). The first-order chi connectivity index (χ1) is 13.1. The van der Waals surface area contributed by atoms with Crippen molar-refractivity contribution >= 4 is 11.9 Å². The Morgan fingerprint density at radius 1 is 1.04 bits per heavy atom. The van der Waals surface area contributed by atoms with E-state index in [1.165, 1.54) is 0 Å². The molecular formula is C21H26N2O4. The molecule has 6 nitrogen and oxygen atoms in total. The molecular weight excluding hydrogens is 344 g/mol. The summed E-state index contributed by atoms with van der Waals surface area (Å²) in [5.41, 5.74) is 2.71. The molecule has 0 aliphatic carbocycles. The Balaban J connectivity index is 2.00. The van der Waals surface area contributed by atoms with Crippen molar-refractivity contribution in [2.75, 3.05) is 27.4 Å². The molecule has 27 heavy (non-hydrogen) atoms. The van der Waals surface area contributed by atoms with E-state index in [4.69, 9.17) is 14.2 Å². The summed E-state index contributed by atoms with van der Waals surface area (Å²) in [6, 6.07) is 13.3. The quantitative estimate of drug-likeness (QED) is 0.599. The number of amides is 1. The molecule has 0 fully saturated rings. The van der Waals surface area contributed by atoms with Crippen LogP contribution < -0.4 is 14.8 Å². The SMILES string of the molecule is CCOC(=NCCc1ccc(OC)c(OC)c1)NC(=O)c1ccc(C)cc1. The van der Waals surface area contributed by atoms with Gasteiger partial charge in [0.1, 0.15) is 0 Å². The number of aryl methyl sites for hydroxylation is 1. The van der Waals surface area contributed by atoms with Crippen molar-refractivity contribution in [1.29, 1.82) is 0 Å². The predicted molar refractivity (Wildman–Crippen MR) is 106 cm³/mol. The molecule has 2 rings (SSSR count). The van der Waals surface area contributed by atoms with Gasteiger partial charge in [0.15, 0.2) is 11.5 Å². The maximum absolute atomic E-state index is 12.3. The van der Waals surface area contributed by atoms with Gasteiger partial charge in [0.2, 0.25) is 0 Å². The molecule has 0 spiro atoms. The molecule has 2 aromatic rings. The maximum Gasteiger partial charge on any atom is 0.291 e. The first-order valence-electron chi connectivity index (χ1n) is 8.83. The van der Waals surface area contributed by atoms with Gasteiger partial charge in [0.05, 0.1) is 20.8 Å². The van der Waals surface area contributed by atoms with E-state index in [1.54, 1.807) is 26.4 Å². The number of hydrogen-bond donors (Lipinski definition) is 1. The number of nitrogens with zero attached hydrogens (tertiary/aromatic N) is 1. The Labute approximate surface area is 160 Å². The number of aliphatic imine (C=N–C) groups is 1. The monoisotopic (exact) mass is 370 g/mol. The van der Waals surface area contributed by atoms with Gasteiger partial charge in [-0.25, -0.2) is 4.99 Å². The number of hydrogen-bond acceptors (Lipinski definition) is 5. The number of carbonyl (C=O) groups excluding carboxylic acids is 1. The van der Waals surface area contributed by atoms with E-state index in [0.717, 1.165) is 11.1 Å². The molecule has 2 aromatic carbocycles. The fraction of sp³-hybridized carbons (Fsp3) is 0.333. The molecule has 144 valence electrons. The zero-order valence-electron chi connectivity index (χ0n) is 16.2. The van der Waals surface area contributed by atoms with E-state index in [1.807, 2.05) is 44.2 Å². The highest BCUT2D eigenvalue weighted by Gasteiger charge is 2.10. The molecule has 0 aliphatic heterocycles. The highest BCUT2D eigenvalue weighted by atomic mass is 16.5. The lowest BCUT2D eigenvalue weighted by atomic mass is 10.1.